The fourth-order valence-corrected chi connectivity index (χ4v) is 3.69. The average molecular weight is 379 g/mol. The van der Waals surface area contributed by atoms with Crippen molar-refractivity contribution in [1.29, 1.82) is 0 Å². The first kappa shape index (κ1) is 17.7. The Labute approximate surface area is 162 Å². The number of pyridine rings is 1. The van der Waals surface area contributed by atoms with Crippen LogP contribution in [0.15, 0.2) is 53.9 Å². The summed E-state index contributed by atoms with van der Waals surface area (Å²) in [6.07, 6.45) is 6.75. The van der Waals surface area contributed by atoms with E-state index >= 15 is 0 Å². The van der Waals surface area contributed by atoms with Crippen LogP contribution < -0.4 is 5.32 Å². The van der Waals surface area contributed by atoms with E-state index < -0.39 is 0 Å². The van der Waals surface area contributed by atoms with Gasteiger partial charge in [-0.1, -0.05) is 30.8 Å². The smallest absolute Gasteiger partial charge is 0.234 e. The summed E-state index contributed by atoms with van der Waals surface area (Å²) in [5.74, 6) is 1.11. The van der Waals surface area contributed by atoms with Gasteiger partial charge < -0.3 is 5.32 Å². The number of carbonyl (C=O) groups is 1. The Bertz CT molecular complexity index is 919. The summed E-state index contributed by atoms with van der Waals surface area (Å²) in [6.45, 7) is 2.11. The van der Waals surface area contributed by atoms with Gasteiger partial charge in [0.1, 0.15) is 0 Å². The van der Waals surface area contributed by atoms with Crippen molar-refractivity contribution in [2.24, 2.45) is 0 Å². The van der Waals surface area contributed by atoms with E-state index in [-0.39, 0.29) is 5.91 Å². The quantitative estimate of drug-likeness (QED) is 0.629. The molecule has 3 aromatic rings. The molecule has 4 rings (SSSR count). The standard InChI is InChI=1S/C20H21N5OS/c1-2-14-3-5-16(6-4-14)22-18(26)13-27-20-24-23-19(25(20)17-7-8-17)15-9-11-21-12-10-15/h3-6,9-12,17H,2,7-8,13H2,1H3,(H,22,26). The molecule has 1 aromatic carbocycles. The molecule has 1 aliphatic rings. The molecule has 2 aromatic heterocycles. The zero-order chi connectivity index (χ0) is 18.6. The van der Waals surface area contributed by atoms with Crippen LogP contribution in [0.25, 0.3) is 11.4 Å². The maximum Gasteiger partial charge on any atom is 0.234 e. The maximum absolute atomic E-state index is 12.3. The number of anilines is 1. The van der Waals surface area contributed by atoms with E-state index in [4.69, 9.17) is 0 Å². The topological polar surface area (TPSA) is 72.7 Å². The molecule has 7 heteroatoms. The van der Waals surface area contributed by atoms with E-state index in [1.54, 1.807) is 12.4 Å². The largest absolute Gasteiger partial charge is 0.325 e. The molecule has 6 nitrogen and oxygen atoms in total. The van der Waals surface area contributed by atoms with E-state index in [0.717, 1.165) is 41.5 Å². The Morgan fingerprint density at radius 3 is 2.56 bits per heavy atom. The second-order valence-corrected chi connectivity index (χ2v) is 7.47. The van der Waals surface area contributed by atoms with Gasteiger partial charge in [-0.15, -0.1) is 10.2 Å². The van der Waals surface area contributed by atoms with E-state index in [2.05, 4.69) is 32.0 Å². The van der Waals surface area contributed by atoms with Crippen molar-refractivity contribution < 1.29 is 4.79 Å². The van der Waals surface area contributed by atoms with Crippen LogP contribution in [0.2, 0.25) is 0 Å². The fraction of sp³-hybridized carbons (Fsp3) is 0.300. The third kappa shape index (κ3) is 4.19. The van der Waals surface area contributed by atoms with Crippen LogP contribution in [-0.4, -0.2) is 31.4 Å². The number of rotatable bonds is 7. The molecule has 27 heavy (non-hydrogen) atoms. The molecule has 1 saturated carbocycles. The van der Waals surface area contributed by atoms with Crippen LogP contribution >= 0.6 is 11.8 Å². The van der Waals surface area contributed by atoms with Gasteiger partial charge in [-0.25, -0.2) is 0 Å². The molecule has 138 valence electrons. The summed E-state index contributed by atoms with van der Waals surface area (Å²) in [5.41, 5.74) is 3.07. The molecule has 1 N–H and O–H groups in total. The Hall–Kier alpha value is -2.67. The number of nitrogens with one attached hydrogen (secondary N) is 1. The zero-order valence-electron chi connectivity index (χ0n) is 15.1. The molecular formula is C20H21N5OS. The number of thioether (sulfide) groups is 1. The summed E-state index contributed by atoms with van der Waals surface area (Å²) in [6, 6.07) is 12.2. The highest BCUT2D eigenvalue weighted by Crippen LogP contribution is 2.40. The van der Waals surface area contributed by atoms with Gasteiger partial charge in [0.25, 0.3) is 0 Å². The van der Waals surface area contributed by atoms with Gasteiger partial charge in [0.2, 0.25) is 5.91 Å². The van der Waals surface area contributed by atoms with Crippen molar-refractivity contribution in [3.63, 3.8) is 0 Å². The molecule has 0 radical (unpaired) electrons. The first-order valence-electron chi connectivity index (χ1n) is 9.11. The second-order valence-electron chi connectivity index (χ2n) is 6.53. The third-order valence-corrected chi connectivity index (χ3v) is 5.44. The zero-order valence-corrected chi connectivity index (χ0v) is 15.9. The van der Waals surface area contributed by atoms with E-state index in [1.807, 2.05) is 36.4 Å². The highest BCUT2D eigenvalue weighted by Gasteiger charge is 2.30. The van der Waals surface area contributed by atoms with Crippen molar-refractivity contribution in [3.05, 3.63) is 54.4 Å². The monoisotopic (exact) mass is 379 g/mol. The number of aryl methyl sites for hydroxylation is 1. The van der Waals surface area contributed by atoms with Crippen LogP contribution in [-0.2, 0) is 11.2 Å². The van der Waals surface area contributed by atoms with E-state index in [1.165, 1.54) is 17.3 Å². The normalized spacial score (nSPS) is 13.5. The molecule has 1 aliphatic carbocycles. The molecule has 0 aliphatic heterocycles. The number of benzene rings is 1. The van der Waals surface area contributed by atoms with Gasteiger partial charge in [0, 0.05) is 29.7 Å². The maximum atomic E-state index is 12.3. The van der Waals surface area contributed by atoms with Crippen molar-refractivity contribution in [3.8, 4) is 11.4 Å². The summed E-state index contributed by atoms with van der Waals surface area (Å²) < 4.78 is 2.16. The van der Waals surface area contributed by atoms with Gasteiger partial charge >= 0.3 is 0 Å². The minimum atomic E-state index is -0.0416. The van der Waals surface area contributed by atoms with Crippen LogP contribution in [0.4, 0.5) is 5.69 Å². The number of hydrogen-bond donors (Lipinski definition) is 1. The third-order valence-electron chi connectivity index (χ3n) is 4.49. The molecule has 0 spiro atoms. The summed E-state index contributed by atoms with van der Waals surface area (Å²) in [7, 11) is 0. The number of hydrogen-bond acceptors (Lipinski definition) is 5. The molecule has 0 unspecified atom stereocenters. The van der Waals surface area contributed by atoms with E-state index in [0.29, 0.717) is 11.8 Å². The highest BCUT2D eigenvalue weighted by atomic mass is 32.2. The van der Waals surface area contributed by atoms with Crippen molar-refractivity contribution in [2.75, 3.05) is 11.1 Å². The predicted molar refractivity (Wildman–Crippen MR) is 107 cm³/mol. The Morgan fingerprint density at radius 1 is 1.15 bits per heavy atom. The lowest BCUT2D eigenvalue weighted by Crippen LogP contribution is -2.14. The fourth-order valence-electron chi connectivity index (χ4n) is 2.89. The highest BCUT2D eigenvalue weighted by molar-refractivity contribution is 7.99. The Morgan fingerprint density at radius 2 is 1.89 bits per heavy atom. The summed E-state index contributed by atoms with van der Waals surface area (Å²) in [4.78, 5) is 16.4. The SMILES string of the molecule is CCc1ccc(NC(=O)CSc2nnc(-c3ccncc3)n2C2CC2)cc1. The molecule has 0 bridgehead atoms. The number of carbonyl (C=O) groups excluding carboxylic acids is 1. The Balaban J connectivity index is 1.43. The second kappa shape index (κ2) is 7.92. The first-order chi connectivity index (χ1) is 13.2. The lowest BCUT2D eigenvalue weighted by molar-refractivity contribution is -0.113. The van der Waals surface area contributed by atoms with Crippen LogP contribution in [0.5, 0.6) is 0 Å². The van der Waals surface area contributed by atoms with Gasteiger partial charge in [-0.05, 0) is 49.1 Å². The summed E-state index contributed by atoms with van der Waals surface area (Å²) in [5, 5.41) is 12.4. The predicted octanol–water partition coefficient (Wildman–Crippen LogP) is 3.97. The molecule has 2 heterocycles. The number of nitrogens with zero attached hydrogens (tertiary/aromatic N) is 4. The van der Waals surface area contributed by atoms with Crippen molar-refractivity contribution in [2.45, 2.75) is 37.4 Å². The minimum absolute atomic E-state index is 0.0416. The summed E-state index contributed by atoms with van der Waals surface area (Å²) >= 11 is 1.43. The van der Waals surface area contributed by atoms with E-state index in [9.17, 15) is 4.79 Å². The van der Waals surface area contributed by atoms with Gasteiger partial charge in [-0.3, -0.25) is 14.3 Å². The van der Waals surface area contributed by atoms with Crippen LogP contribution in [0.3, 0.4) is 0 Å². The lowest BCUT2D eigenvalue weighted by Gasteiger charge is -2.09. The van der Waals surface area contributed by atoms with Crippen LogP contribution in [0, 0.1) is 0 Å². The van der Waals surface area contributed by atoms with Gasteiger partial charge in [-0.2, -0.15) is 0 Å². The molecule has 0 atom stereocenters. The number of amides is 1. The molecule has 1 amide bonds. The van der Waals surface area contributed by atoms with Gasteiger partial charge in [0.15, 0.2) is 11.0 Å². The molecular weight excluding hydrogens is 358 g/mol. The Kier molecular flexibility index (Phi) is 5.20. The first-order valence-corrected chi connectivity index (χ1v) is 10.1. The van der Waals surface area contributed by atoms with Crippen molar-refractivity contribution >= 4 is 23.4 Å². The van der Waals surface area contributed by atoms with Gasteiger partial charge in [0.05, 0.1) is 5.75 Å². The lowest BCUT2D eigenvalue weighted by atomic mass is 10.1. The molecule has 0 saturated heterocycles. The molecule has 1 fully saturated rings. The van der Waals surface area contributed by atoms with Crippen LogP contribution in [0.1, 0.15) is 31.4 Å². The average Bonchev–Trinajstić information content (AvgIpc) is 3.46. The minimum Gasteiger partial charge on any atom is -0.325 e. The van der Waals surface area contributed by atoms with Crippen molar-refractivity contribution in [1.82, 2.24) is 19.7 Å². The number of aromatic nitrogens is 4.